The first-order chi connectivity index (χ1) is 18.1. The van der Waals surface area contributed by atoms with Gasteiger partial charge in [-0.15, -0.1) is 0 Å². The van der Waals surface area contributed by atoms with E-state index in [-0.39, 0.29) is 6.42 Å². The number of rotatable bonds is 13. The van der Waals surface area contributed by atoms with Crippen LogP contribution in [0.25, 0.3) is 0 Å². The minimum Gasteiger partial charge on any atom is -0.489 e. The van der Waals surface area contributed by atoms with Crippen LogP contribution in [0.2, 0.25) is 0 Å². The zero-order valence-corrected chi connectivity index (χ0v) is 20.5. The van der Waals surface area contributed by atoms with Crippen molar-refractivity contribution in [1.82, 2.24) is 0 Å². The Bertz CT molecular complexity index is 1290. The van der Waals surface area contributed by atoms with Crippen LogP contribution in [0.1, 0.15) is 22.3 Å². The van der Waals surface area contributed by atoms with Crippen molar-refractivity contribution < 1.29 is 24.2 Å². The molecule has 5 heteroatoms. The Hall–Kier alpha value is -4.38. The molecule has 0 heterocycles. The van der Waals surface area contributed by atoms with Crippen molar-refractivity contribution in [2.45, 2.75) is 26.1 Å². The minimum atomic E-state index is -0.996. The first-order valence-corrected chi connectivity index (χ1v) is 12.3. The molecule has 37 heavy (non-hydrogen) atoms. The molecule has 0 aliphatic heterocycles. The predicted octanol–water partition coefficient (Wildman–Crippen LogP) is 6.15. The summed E-state index contributed by atoms with van der Waals surface area (Å²) in [5.74, 6) is -1.20. The van der Waals surface area contributed by atoms with E-state index >= 15 is 0 Å². The lowest BCUT2D eigenvalue weighted by Crippen LogP contribution is -2.28. The van der Waals surface area contributed by atoms with Crippen LogP contribution >= 0.6 is 0 Å². The average Bonchev–Trinajstić information content (AvgIpc) is 2.94. The molecule has 0 amide bonds. The largest absolute Gasteiger partial charge is 0.489 e. The molecule has 1 N–H and O–H groups in total. The maximum Gasteiger partial charge on any atom is 0.307 e. The summed E-state index contributed by atoms with van der Waals surface area (Å²) in [7, 11) is 0. The molecule has 2 atom stereocenters. The lowest BCUT2D eigenvalue weighted by Gasteiger charge is -2.20. The Morgan fingerprint density at radius 2 is 1.11 bits per heavy atom. The summed E-state index contributed by atoms with van der Waals surface area (Å²) in [6.07, 6.45) is 1.30. The van der Waals surface area contributed by atoms with E-state index in [1.165, 1.54) is 0 Å². The summed E-state index contributed by atoms with van der Waals surface area (Å²) < 4.78 is 11.8. The summed E-state index contributed by atoms with van der Waals surface area (Å²) in [4.78, 5) is 24.2. The van der Waals surface area contributed by atoms with E-state index < -0.39 is 17.8 Å². The van der Waals surface area contributed by atoms with Gasteiger partial charge in [-0.1, -0.05) is 84.9 Å². The van der Waals surface area contributed by atoms with Crippen molar-refractivity contribution in [3.8, 4) is 11.5 Å². The number of benzene rings is 4. The van der Waals surface area contributed by atoms with Crippen molar-refractivity contribution >= 4 is 12.3 Å². The molecule has 0 aliphatic carbocycles. The third kappa shape index (κ3) is 7.80. The van der Waals surface area contributed by atoms with E-state index in [0.29, 0.717) is 31.1 Å². The fraction of sp³-hybridized carbons (Fsp3) is 0.188. The van der Waals surface area contributed by atoms with Crippen molar-refractivity contribution in [1.29, 1.82) is 0 Å². The van der Waals surface area contributed by atoms with Gasteiger partial charge in [0.1, 0.15) is 31.0 Å². The number of hydrogen-bond donors (Lipinski definition) is 1. The highest BCUT2D eigenvalue weighted by molar-refractivity contribution is 5.75. The van der Waals surface area contributed by atoms with Crippen molar-refractivity contribution in [3.63, 3.8) is 0 Å². The van der Waals surface area contributed by atoms with Crippen LogP contribution in [0.15, 0.2) is 109 Å². The summed E-state index contributed by atoms with van der Waals surface area (Å²) in [6.45, 7) is 0.855. The Kier molecular flexibility index (Phi) is 9.08. The smallest absolute Gasteiger partial charge is 0.307 e. The fourth-order valence-corrected chi connectivity index (χ4v) is 4.24. The Labute approximate surface area is 217 Å². The highest BCUT2D eigenvalue weighted by atomic mass is 16.5. The highest BCUT2D eigenvalue weighted by Gasteiger charge is 2.28. The molecule has 5 nitrogen and oxygen atoms in total. The van der Waals surface area contributed by atoms with E-state index in [1.807, 2.05) is 109 Å². The molecule has 0 spiro atoms. The number of carbonyl (C=O) groups is 2. The second kappa shape index (κ2) is 13.1. The van der Waals surface area contributed by atoms with Gasteiger partial charge in [-0.3, -0.25) is 4.79 Å². The molecule has 0 saturated carbocycles. The Balaban J connectivity index is 1.41. The van der Waals surface area contributed by atoms with Gasteiger partial charge in [-0.05, 0) is 59.4 Å². The van der Waals surface area contributed by atoms with Crippen molar-refractivity contribution in [2.24, 2.45) is 11.8 Å². The lowest BCUT2D eigenvalue weighted by atomic mass is 9.83. The standard InChI is InChI=1S/C32H30O5/c33-21-28(17-26-13-7-15-29(18-26)36-22-24-9-3-1-4-10-24)31(32(34)35)20-27-14-8-16-30(19-27)37-23-25-11-5-2-6-12-25/h1-16,18-19,21,28,31H,17,20,22-23H2,(H,34,35)/t28-,31+/m0/s1. The molecular weight excluding hydrogens is 464 g/mol. The van der Waals surface area contributed by atoms with E-state index in [2.05, 4.69) is 0 Å². The van der Waals surface area contributed by atoms with E-state index in [9.17, 15) is 14.7 Å². The van der Waals surface area contributed by atoms with Crippen LogP contribution in [0, 0.1) is 11.8 Å². The molecule has 4 rings (SSSR count). The first kappa shape index (κ1) is 25.7. The number of aldehydes is 1. The maximum atomic E-state index is 12.2. The van der Waals surface area contributed by atoms with Crippen LogP contribution in [0.3, 0.4) is 0 Å². The van der Waals surface area contributed by atoms with Crippen LogP contribution in [-0.4, -0.2) is 17.4 Å². The molecule has 4 aromatic rings. The van der Waals surface area contributed by atoms with Crippen LogP contribution in [0.5, 0.6) is 11.5 Å². The second-order valence-corrected chi connectivity index (χ2v) is 9.00. The number of carbonyl (C=O) groups excluding carboxylic acids is 1. The Morgan fingerprint density at radius 1 is 0.649 bits per heavy atom. The molecule has 0 radical (unpaired) electrons. The van der Waals surface area contributed by atoms with Crippen LogP contribution in [-0.2, 0) is 35.6 Å². The van der Waals surface area contributed by atoms with Gasteiger partial charge in [-0.2, -0.15) is 0 Å². The zero-order valence-electron chi connectivity index (χ0n) is 20.5. The van der Waals surface area contributed by atoms with Gasteiger partial charge in [0.05, 0.1) is 5.92 Å². The van der Waals surface area contributed by atoms with E-state index in [1.54, 1.807) is 0 Å². The zero-order chi connectivity index (χ0) is 25.9. The number of carboxylic acid groups (broad SMARTS) is 1. The second-order valence-electron chi connectivity index (χ2n) is 9.00. The number of carboxylic acids is 1. The number of hydrogen-bond acceptors (Lipinski definition) is 4. The lowest BCUT2D eigenvalue weighted by molar-refractivity contribution is -0.145. The monoisotopic (exact) mass is 494 g/mol. The normalized spacial score (nSPS) is 12.3. The number of aliphatic carboxylic acids is 1. The first-order valence-electron chi connectivity index (χ1n) is 12.3. The molecule has 0 unspecified atom stereocenters. The van der Waals surface area contributed by atoms with Gasteiger partial charge < -0.3 is 19.4 Å². The van der Waals surface area contributed by atoms with Gasteiger partial charge >= 0.3 is 5.97 Å². The third-order valence-corrected chi connectivity index (χ3v) is 6.23. The van der Waals surface area contributed by atoms with Crippen LogP contribution in [0.4, 0.5) is 0 Å². The van der Waals surface area contributed by atoms with Crippen molar-refractivity contribution in [2.75, 3.05) is 0 Å². The minimum absolute atomic E-state index is 0.228. The van der Waals surface area contributed by atoms with Gasteiger partial charge in [0.25, 0.3) is 0 Å². The van der Waals surface area contributed by atoms with Gasteiger partial charge in [0.2, 0.25) is 0 Å². The predicted molar refractivity (Wildman–Crippen MR) is 143 cm³/mol. The topological polar surface area (TPSA) is 72.8 Å². The average molecular weight is 495 g/mol. The van der Waals surface area contributed by atoms with Gasteiger partial charge in [-0.25, -0.2) is 0 Å². The molecule has 0 fully saturated rings. The SMILES string of the molecule is O=C[C@H](Cc1cccc(OCc2ccccc2)c1)[C@@H](Cc1cccc(OCc2ccccc2)c1)C(=O)O. The molecule has 4 aromatic carbocycles. The van der Waals surface area contributed by atoms with E-state index in [4.69, 9.17) is 9.47 Å². The molecule has 188 valence electrons. The molecule has 0 bridgehead atoms. The summed E-state index contributed by atoms with van der Waals surface area (Å²) in [6, 6.07) is 34.6. The van der Waals surface area contributed by atoms with E-state index in [0.717, 1.165) is 28.5 Å². The summed E-state index contributed by atoms with van der Waals surface area (Å²) >= 11 is 0. The van der Waals surface area contributed by atoms with Gasteiger partial charge in [0.15, 0.2) is 0 Å². The van der Waals surface area contributed by atoms with Crippen LogP contribution < -0.4 is 9.47 Å². The molecule has 0 saturated heterocycles. The quantitative estimate of drug-likeness (QED) is 0.226. The summed E-state index contributed by atoms with van der Waals surface area (Å²) in [5.41, 5.74) is 3.77. The number of ether oxygens (including phenoxy) is 2. The third-order valence-electron chi connectivity index (χ3n) is 6.23. The Morgan fingerprint density at radius 3 is 1.57 bits per heavy atom. The fourth-order valence-electron chi connectivity index (χ4n) is 4.24. The molecular formula is C32H30O5. The molecule has 0 aliphatic rings. The molecule has 0 aromatic heterocycles. The maximum absolute atomic E-state index is 12.2. The highest BCUT2D eigenvalue weighted by Crippen LogP contribution is 2.25. The van der Waals surface area contributed by atoms with Gasteiger partial charge in [0, 0.05) is 5.92 Å². The van der Waals surface area contributed by atoms with Crippen molar-refractivity contribution in [3.05, 3.63) is 131 Å². The summed E-state index contributed by atoms with van der Waals surface area (Å²) in [5, 5.41) is 9.99.